The van der Waals surface area contributed by atoms with Crippen molar-refractivity contribution in [2.24, 2.45) is 16.8 Å². The molecular weight excluding hydrogens is 340 g/mol. The maximum absolute atomic E-state index is 5.43. The number of likely N-dealkylation sites (tertiary alicyclic amines) is 1. The van der Waals surface area contributed by atoms with Crippen molar-refractivity contribution >= 4 is 5.96 Å². The maximum atomic E-state index is 5.43. The van der Waals surface area contributed by atoms with Gasteiger partial charge in [-0.05, 0) is 55.3 Å². The highest BCUT2D eigenvalue weighted by Crippen LogP contribution is 2.32. The fourth-order valence-corrected chi connectivity index (χ4v) is 4.10. The smallest absolute Gasteiger partial charge is 0.231 e. The van der Waals surface area contributed by atoms with Crippen LogP contribution >= 0.6 is 0 Å². The highest BCUT2D eigenvalue weighted by Gasteiger charge is 2.20. The molecule has 27 heavy (non-hydrogen) atoms. The normalized spacial score (nSPS) is 22.7. The molecule has 1 aromatic rings. The number of nitrogens with zero attached hydrogens (tertiary/aromatic N) is 2. The molecule has 0 amide bonds. The van der Waals surface area contributed by atoms with Gasteiger partial charge in [0.1, 0.15) is 0 Å². The first-order chi connectivity index (χ1) is 13.1. The lowest BCUT2D eigenvalue weighted by atomic mass is 9.92. The van der Waals surface area contributed by atoms with Crippen LogP contribution in [-0.2, 0) is 6.54 Å². The summed E-state index contributed by atoms with van der Waals surface area (Å²) in [5.41, 5.74) is 1.15. The lowest BCUT2D eigenvalue weighted by Gasteiger charge is -2.34. The van der Waals surface area contributed by atoms with E-state index >= 15 is 0 Å². The van der Waals surface area contributed by atoms with Crippen molar-refractivity contribution in [2.45, 2.75) is 39.7 Å². The Kier molecular flexibility index (Phi) is 7.21. The van der Waals surface area contributed by atoms with Crippen molar-refractivity contribution in [3.63, 3.8) is 0 Å². The second-order valence-corrected chi connectivity index (χ2v) is 7.95. The van der Waals surface area contributed by atoms with Gasteiger partial charge in [-0.25, -0.2) is 0 Å². The Hall–Kier alpha value is -1.95. The monoisotopic (exact) mass is 374 g/mol. The summed E-state index contributed by atoms with van der Waals surface area (Å²) < 4.78 is 10.8. The topological polar surface area (TPSA) is 58.1 Å². The first kappa shape index (κ1) is 19.8. The number of benzene rings is 1. The van der Waals surface area contributed by atoms with Gasteiger partial charge in [-0.1, -0.05) is 19.9 Å². The van der Waals surface area contributed by atoms with Crippen molar-refractivity contribution in [1.82, 2.24) is 15.5 Å². The number of rotatable bonds is 7. The van der Waals surface area contributed by atoms with Crippen LogP contribution in [0.2, 0.25) is 0 Å². The number of ether oxygens (including phenoxy) is 2. The van der Waals surface area contributed by atoms with Crippen LogP contribution in [0.15, 0.2) is 23.2 Å². The average molecular weight is 375 g/mol. The second kappa shape index (κ2) is 9.83. The van der Waals surface area contributed by atoms with E-state index in [1.165, 1.54) is 32.5 Å². The molecule has 3 rings (SSSR count). The number of fused-ring (bicyclic) bond motifs is 1. The van der Waals surface area contributed by atoms with Crippen molar-refractivity contribution in [3.05, 3.63) is 23.8 Å². The minimum atomic E-state index is 0.310. The van der Waals surface area contributed by atoms with Crippen LogP contribution in [-0.4, -0.2) is 50.9 Å². The Labute approximate surface area is 163 Å². The Balaban J connectivity index is 1.31. The first-order valence-corrected chi connectivity index (χ1v) is 10.2. The Bertz CT molecular complexity index is 625. The van der Waals surface area contributed by atoms with E-state index in [4.69, 9.17) is 9.47 Å². The molecule has 1 saturated heterocycles. The summed E-state index contributed by atoms with van der Waals surface area (Å²) in [6.07, 6.45) is 3.76. The Morgan fingerprint density at radius 3 is 2.67 bits per heavy atom. The fraction of sp³-hybridized carbons (Fsp3) is 0.667. The quantitative estimate of drug-likeness (QED) is 0.437. The summed E-state index contributed by atoms with van der Waals surface area (Å²) in [5.74, 6) is 4.15. The van der Waals surface area contributed by atoms with Crippen molar-refractivity contribution in [1.29, 1.82) is 0 Å². The van der Waals surface area contributed by atoms with Crippen LogP contribution in [0.25, 0.3) is 0 Å². The molecule has 0 aliphatic carbocycles. The van der Waals surface area contributed by atoms with E-state index in [0.717, 1.165) is 47.8 Å². The number of piperidine rings is 1. The molecule has 0 spiro atoms. The van der Waals surface area contributed by atoms with Gasteiger partial charge in [-0.3, -0.25) is 4.99 Å². The van der Waals surface area contributed by atoms with Gasteiger partial charge in [0.05, 0.1) is 0 Å². The second-order valence-electron chi connectivity index (χ2n) is 7.95. The number of aliphatic imine (C=N–C) groups is 1. The van der Waals surface area contributed by atoms with Crippen LogP contribution in [0.1, 0.15) is 38.7 Å². The van der Waals surface area contributed by atoms with Gasteiger partial charge in [-0.15, -0.1) is 0 Å². The number of guanidine groups is 1. The summed E-state index contributed by atoms with van der Waals surface area (Å²) in [4.78, 5) is 6.94. The number of unbranched alkanes of at least 4 members (excludes halogenated alkanes) is 1. The molecule has 2 aliphatic rings. The van der Waals surface area contributed by atoms with Crippen molar-refractivity contribution in [2.75, 3.05) is 40.0 Å². The van der Waals surface area contributed by atoms with Crippen molar-refractivity contribution < 1.29 is 9.47 Å². The van der Waals surface area contributed by atoms with Crippen molar-refractivity contribution in [3.8, 4) is 11.5 Å². The van der Waals surface area contributed by atoms with Gasteiger partial charge in [0, 0.05) is 33.2 Å². The Morgan fingerprint density at radius 1 is 1.11 bits per heavy atom. The zero-order valence-corrected chi connectivity index (χ0v) is 17.0. The largest absolute Gasteiger partial charge is 0.454 e. The molecular formula is C21H34N4O2. The van der Waals surface area contributed by atoms with E-state index in [2.05, 4.69) is 40.4 Å². The molecule has 2 N–H and O–H groups in total. The molecule has 1 aromatic carbocycles. The third-order valence-electron chi connectivity index (χ3n) is 5.26. The summed E-state index contributed by atoms with van der Waals surface area (Å²) >= 11 is 0. The molecule has 0 radical (unpaired) electrons. The van der Waals surface area contributed by atoms with E-state index in [1.54, 1.807) is 0 Å². The molecule has 1 fully saturated rings. The molecule has 2 atom stereocenters. The summed E-state index contributed by atoms with van der Waals surface area (Å²) in [6.45, 7) is 10.4. The van der Waals surface area contributed by atoms with Gasteiger partial charge in [0.15, 0.2) is 17.5 Å². The minimum Gasteiger partial charge on any atom is -0.454 e. The highest BCUT2D eigenvalue weighted by atomic mass is 16.7. The van der Waals surface area contributed by atoms with Gasteiger partial charge < -0.3 is 25.0 Å². The molecule has 2 unspecified atom stereocenters. The zero-order valence-electron chi connectivity index (χ0n) is 17.0. The third-order valence-corrected chi connectivity index (χ3v) is 5.26. The summed E-state index contributed by atoms with van der Waals surface area (Å²) in [6, 6.07) is 6.02. The number of hydrogen-bond acceptors (Lipinski definition) is 4. The lowest BCUT2D eigenvalue weighted by Crippen LogP contribution is -2.40. The maximum Gasteiger partial charge on any atom is 0.231 e. The van der Waals surface area contributed by atoms with E-state index in [-0.39, 0.29) is 0 Å². The minimum absolute atomic E-state index is 0.310. The standard InChI is InChI=1S/C21H34N4O2/c1-16-10-17(2)14-25(13-16)9-5-4-8-23-21(22-3)24-12-18-6-7-19-20(11-18)27-15-26-19/h6-7,11,16-17H,4-5,8-10,12-15H2,1-3H3,(H2,22,23,24). The van der Waals surface area contributed by atoms with Gasteiger partial charge >= 0.3 is 0 Å². The molecule has 6 nitrogen and oxygen atoms in total. The summed E-state index contributed by atoms with van der Waals surface area (Å²) in [7, 11) is 1.81. The molecule has 2 aliphatic heterocycles. The predicted octanol–water partition coefficient (Wildman–Crippen LogP) is 2.84. The van der Waals surface area contributed by atoms with Crippen LogP contribution in [0.3, 0.4) is 0 Å². The van der Waals surface area contributed by atoms with E-state index in [1.807, 2.05) is 19.2 Å². The van der Waals surface area contributed by atoms with Crippen LogP contribution < -0.4 is 20.1 Å². The summed E-state index contributed by atoms with van der Waals surface area (Å²) in [5, 5.41) is 6.77. The van der Waals surface area contributed by atoms with E-state index in [0.29, 0.717) is 13.3 Å². The lowest BCUT2D eigenvalue weighted by molar-refractivity contribution is 0.139. The Morgan fingerprint density at radius 2 is 1.89 bits per heavy atom. The van der Waals surface area contributed by atoms with E-state index in [9.17, 15) is 0 Å². The third kappa shape index (κ3) is 6.03. The first-order valence-electron chi connectivity index (χ1n) is 10.2. The number of hydrogen-bond donors (Lipinski definition) is 2. The molecule has 0 aromatic heterocycles. The fourth-order valence-electron chi connectivity index (χ4n) is 4.10. The molecule has 0 saturated carbocycles. The average Bonchev–Trinajstić information content (AvgIpc) is 3.11. The zero-order chi connectivity index (χ0) is 19.1. The highest BCUT2D eigenvalue weighted by molar-refractivity contribution is 5.79. The van der Waals surface area contributed by atoms with Crippen LogP contribution in [0.5, 0.6) is 11.5 Å². The van der Waals surface area contributed by atoms with Gasteiger partial charge in [0.2, 0.25) is 6.79 Å². The van der Waals surface area contributed by atoms with Crippen LogP contribution in [0, 0.1) is 11.8 Å². The molecule has 0 bridgehead atoms. The van der Waals surface area contributed by atoms with Crippen LogP contribution in [0.4, 0.5) is 0 Å². The SMILES string of the molecule is CN=C(NCCCCN1CC(C)CC(C)C1)NCc1ccc2c(c1)OCO2. The van der Waals surface area contributed by atoms with Gasteiger partial charge in [-0.2, -0.15) is 0 Å². The van der Waals surface area contributed by atoms with E-state index < -0.39 is 0 Å². The van der Waals surface area contributed by atoms with Gasteiger partial charge in [0.25, 0.3) is 0 Å². The molecule has 2 heterocycles. The number of nitrogens with one attached hydrogen (secondary N) is 2. The molecule has 6 heteroatoms. The predicted molar refractivity (Wildman–Crippen MR) is 109 cm³/mol. The molecule has 150 valence electrons.